The molecule has 0 bridgehead atoms. The Morgan fingerprint density at radius 2 is 1.77 bits per heavy atom. The molecule has 1 aliphatic rings. The SMILES string of the molecule is CC(=O)SCC(=Cc1cnc2ccccc2n1)B1OC(C)(C)C(C)(C)O1. The van der Waals surface area contributed by atoms with Gasteiger partial charge in [0.1, 0.15) is 0 Å². The number of fused-ring (bicyclic) bond motifs is 1. The Bertz CT molecular complexity index is 851. The van der Waals surface area contributed by atoms with Crippen molar-refractivity contribution in [2.24, 2.45) is 0 Å². The molecule has 1 saturated heterocycles. The highest BCUT2D eigenvalue weighted by Gasteiger charge is 2.52. The van der Waals surface area contributed by atoms with E-state index >= 15 is 0 Å². The number of nitrogens with zero attached hydrogens (tertiary/aromatic N) is 2. The zero-order chi connectivity index (χ0) is 18.9. The summed E-state index contributed by atoms with van der Waals surface area (Å²) in [5.74, 6) is 0.487. The third-order valence-electron chi connectivity index (χ3n) is 4.80. The van der Waals surface area contributed by atoms with Gasteiger partial charge in [0.05, 0.1) is 34.1 Å². The molecule has 7 heteroatoms. The van der Waals surface area contributed by atoms with Gasteiger partial charge < -0.3 is 9.31 Å². The largest absolute Gasteiger partial charge is 0.491 e. The Morgan fingerprint density at radius 1 is 1.15 bits per heavy atom. The molecular formula is C19H23BN2O3S. The third-order valence-corrected chi connectivity index (χ3v) is 5.68. The molecule has 2 heterocycles. The molecule has 0 unspecified atom stereocenters. The monoisotopic (exact) mass is 370 g/mol. The molecule has 1 fully saturated rings. The fourth-order valence-electron chi connectivity index (χ4n) is 2.59. The highest BCUT2D eigenvalue weighted by Crippen LogP contribution is 2.39. The van der Waals surface area contributed by atoms with E-state index in [1.807, 2.05) is 58.0 Å². The molecule has 0 N–H and O–H groups in total. The van der Waals surface area contributed by atoms with Gasteiger partial charge in [-0.2, -0.15) is 0 Å². The van der Waals surface area contributed by atoms with Crippen molar-refractivity contribution in [1.82, 2.24) is 9.97 Å². The van der Waals surface area contributed by atoms with Crippen molar-refractivity contribution in [3.05, 3.63) is 41.6 Å². The van der Waals surface area contributed by atoms with Crippen LogP contribution in [0.2, 0.25) is 0 Å². The topological polar surface area (TPSA) is 61.3 Å². The number of carbonyl (C=O) groups excluding carboxylic acids is 1. The van der Waals surface area contributed by atoms with Gasteiger partial charge in [-0.25, -0.2) is 4.98 Å². The van der Waals surface area contributed by atoms with Crippen LogP contribution in [0.5, 0.6) is 0 Å². The highest BCUT2D eigenvalue weighted by atomic mass is 32.2. The van der Waals surface area contributed by atoms with Crippen molar-refractivity contribution in [3.63, 3.8) is 0 Å². The first-order chi connectivity index (χ1) is 12.2. The number of rotatable bonds is 4. The van der Waals surface area contributed by atoms with Crippen LogP contribution in [0.1, 0.15) is 40.3 Å². The van der Waals surface area contributed by atoms with E-state index in [9.17, 15) is 4.79 Å². The van der Waals surface area contributed by atoms with Crippen molar-refractivity contribution < 1.29 is 14.1 Å². The van der Waals surface area contributed by atoms with Crippen LogP contribution >= 0.6 is 11.8 Å². The predicted molar refractivity (Wildman–Crippen MR) is 107 cm³/mol. The van der Waals surface area contributed by atoms with E-state index < -0.39 is 18.3 Å². The van der Waals surface area contributed by atoms with Crippen LogP contribution in [-0.2, 0) is 14.1 Å². The molecule has 0 aliphatic carbocycles. The number of hydrogen-bond donors (Lipinski definition) is 0. The predicted octanol–water partition coefficient (Wildman–Crippen LogP) is 3.92. The summed E-state index contributed by atoms with van der Waals surface area (Å²) < 4.78 is 12.3. The maximum absolute atomic E-state index is 11.5. The van der Waals surface area contributed by atoms with Crippen molar-refractivity contribution >= 4 is 41.1 Å². The Hall–Kier alpha value is -1.70. The summed E-state index contributed by atoms with van der Waals surface area (Å²) in [6, 6.07) is 7.73. The zero-order valence-electron chi connectivity index (χ0n) is 15.8. The second kappa shape index (κ2) is 7.14. The molecule has 3 rings (SSSR count). The summed E-state index contributed by atoms with van der Waals surface area (Å²) in [6.45, 7) is 9.61. The van der Waals surface area contributed by atoms with Crippen molar-refractivity contribution in [2.75, 3.05) is 5.75 Å². The summed E-state index contributed by atoms with van der Waals surface area (Å²) in [7, 11) is -0.514. The van der Waals surface area contributed by atoms with Gasteiger partial charge in [0.25, 0.3) is 0 Å². The van der Waals surface area contributed by atoms with E-state index in [1.165, 1.54) is 11.8 Å². The van der Waals surface area contributed by atoms with E-state index in [1.54, 1.807) is 13.1 Å². The Balaban J connectivity index is 1.94. The fourth-order valence-corrected chi connectivity index (χ4v) is 3.18. The Labute approximate surface area is 158 Å². The van der Waals surface area contributed by atoms with Crippen molar-refractivity contribution in [2.45, 2.75) is 45.8 Å². The third kappa shape index (κ3) is 4.00. The molecule has 0 saturated carbocycles. The van der Waals surface area contributed by atoms with Crippen molar-refractivity contribution in [3.8, 4) is 0 Å². The van der Waals surface area contributed by atoms with Crippen LogP contribution in [-0.4, -0.2) is 39.2 Å². The van der Waals surface area contributed by atoms with Gasteiger partial charge in [-0.15, -0.1) is 0 Å². The van der Waals surface area contributed by atoms with Crippen LogP contribution in [0, 0.1) is 0 Å². The molecule has 26 heavy (non-hydrogen) atoms. The van der Waals surface area contributed by atoms with Gasteiger partial charge in [0.2, 0.25) is 0 Å². The van der Waals surface area contributed by atoms with Crippen molar-refractivity contribution in [1.29, 1.82) is 0 Å². The highest BCUT2D eigenvalue weighted by molar-refractivity contribution is 8.13. The average Bonchev–Trinajstić information content (AvgIpc) is 2.79. The second-order valence-electron chi connectivity index (χ2n) is 7.37. The van der Waals surface area contributed by atoms with E-state index in [0.29, 0.717) is 5.75 Å². The van der Waals surface area contributed by atoms with Crippen LogP contribution in [0.25, 0.3) is 17.1 Å². The quantitative estimate of drug-likeness (QED) is 0.760. The number of carbonyl (C=O) groups is 1. The summed E-state index contributed by atoms with van der Waals surface area (Å²) in [4.78, 5) is 20.6. The molecule has 1 aromatic carbocycles. The average molecular weight is 370 g/mol. The first-order valence-corrected chi connectivity index (χ1v) is 9.58. The van der Waals surface area contributed by atoms with E-state index in [2.05, 4.69) is 9.97 Å². The molecule has 0 amide bonds. The number of aromatic nitrogens is 2. The minimum Gasteiger partial charge on any atom is -0.400 e. The van der Waals surface area contributed by atoms with Gasteiger partial charge in [-0.3, -0.25) is 9.78 Å². The molecule has 2 aromatic rings. The Kier molecular flexibility index (Phi) is 5.24. The van der Waals surface area contributed by atoms with E-state index in [-0.39, 0.29) is 5.12 Å². The lowest BCUT2D eigenvalue weighted by atomic mass is 9.78. The summed E-state index contributed by atoms with van der Waals surface area (Å²) >= 11 is 1.23. The van der Waals surface area contributed by atoms with Crippen LogP contribution < -0.4 is 0 Å². The van der Waals surface area contributed by atoms with Gasteiger partial charge in [-0.05, 0) is 51.4 Å². The molecule has 0 spiro atoms. The standard InChI is InChI=1S/C19H23BN2O3S/c1-13(23)26-12-14(20-24-18(2,3)19(4,5)25-20)10-15-11-21-16-8-6-7-9-17(16)22-15/h6-11H,12H2,1-5H3. The Morgan fingerprint density at radius 3 is 2.38 bits per heavy atom. The normalized spacial score (nSPS) is 19.1. The van der Waals surface area contributed by atoms with Crippen LogP contribution in [0.4, 0.5) is 0 Å². The van der Waals surface area contributed by atoms with Gasteiger partial charge in [0, 0.05) is 12.7 Å². The maximum atomic E-state index is 11.5. The molecule has 0 radical (unpaired) electrons. The molecule has 1 aromatic heterocycles. The maximum Gasteiger partial charge on any atom is 0.491 e. The van der Waals surface area contributed by atoms with Gasteiger partial charge in [0.15, 0.2) is 5.12 Å². The first-order valence-electron chi connectivity index (χ1n) is 8.59. The molecule has 1 aliphatic heterocycles. The smallest absolute Gasteiger partial charge is 0.400 e. The molecular weight excluding hydrogens is 347 g/mol. The zero-order valence-corrected chi connectivity index (χ0v) is 16.6. The minimum atomic E-state index is -0.514. The van der Waals surface area contributed by atoms with Crippen LogP contribution in [0.3, 0.4) is 0 Å². The molecule has 5 nitrogen and oxygen atoms in total. The fraction of sp³-hybridized carbons (Fsp3) is 0.421. The molecule has 0 atom stereocenters. The summed E-state index contributed by atoms with van der Waals surface area (Å²) in [5, 5.41) is 0.0528. The number of thioether (sulfide) groups is 1. The lowest BCUT2D eigenvalue weighted by Crippen LogP contribution is -2.41. The van der Waals surface area contributed by atoms with Gasteiger partial charge in [-0.1, -0.05) is 23.9 Å². The van der Waals surface area contributed by atoms with E-state index in [4.69, 9.17) is 9.31 Å². The lowest BCUT2D eigenvalue weighted by Gasteiger charge is -2.32. The first kappa shape index (κ1) is 19.1. The molecule has 136 valence electrons. The second-order valence-corrected chi connectivity index (χ2v) is 8.52. The number of para-hydroxylation sites is 2. The van der Waals surface area contributed by atoms with E-state index in [0.717, 1.165) is 22.2 Å². The summed E-state index contributed by atoms with van der Waals surface area (Å²) in [5.41, 5.74) is 2.39. The number of benzene rings is 1. The lowest BCUT2D eigenvalue weighted by molar-refractivity contribution is -0.109. The van der Waals surface area contributed by atoms with Gasteiger partial charge >= 0.3 is 7.12 Å². The minimum absolute atomic E-state index is 0.0528. The summed E-state index contributed by atoms with van der Waals surface area (Å²) in [6.07, 6.45) is 3.64. The number of hydrogen-bond acceptors (Lipinski definition) is 6. The van der Waals surface area contributed by atoms with Crippen LogP contribution in [0.15, 0.2) is 35.9 Å².